The number of pyridine rings is 1. The molecular formula is C27H23ClF6N4O5S. The van der Waals surface area contributed by atoms with Crippen LogP contribution in [0.1, 0.15) is 12.0 Å². The molecule has 5 rings (SSSR count). The Hall–Kier alpha value is -3.76. The topological polar surface area (TPSA) is 103 Å². The summed E-state index contributed by atoms with van der Waals surface area (Å²) in [7, 11) is -4.64. The average molecular weight is 665 g/mol. The minimum Gasteiger partial charge on any atom is -0.481 e. The molecule has 0 bridgehead atoms. The van der Waals surface area contributed by atoms with Crippen molar-refractivity contribution in [1.82, 2.24) is 9.88 Å². The number of halogens is 7. The van der Waals surface area contributed by atoms with Crippen LogP contribution in [-0.4, -0.2) is 74.5 Å². The van der Waals surface area contributed by atoms with Crippen molar-refractivity contribution >= 4 is 39.1 Å². The largest absolute Gasteiger partial charge is 0.573 e. The normalized spacial score (nSPS) is 17.7. The molecule has 2 aliphatic heterocycles. The lowest BCUT2D eigenvalue weighted by molar-refractivity contribution is -0.274. The zero-order valence-corrected chi connectivity index (χ0v) is 24.0. The van der Waals surface area contributed by atoms with Crippen LogP contribution in [-0.2, 0) is 21.0 Å². The number of rotatable bonds is 7. The van der Waals surface area contributed by atoms with Crippen molar-refractivity contribution in [2.45, 2.75) is 29.9 Å². The second kappa shape index (κ2) is 11.6. The van der Waals surface area contributed by atoms with Gasteiger partial charge in [-0.3, -0.25) is 14.0 Å². The molecule has 1 saturated heterocycles. The minimum absolute atomic E-state index is 0.00610. The molecule has 2 aromatic carbocycles. The van der Waals surface area contributed by atoms with E-state index in [9.17, 15) is 39.6 Å². The minimum atomic E-state index is -5.01. The van der Waals surface area contributed by atoms with E-state index in [4.69, 9.17) is 16.7 Å². The van der Waals surface area contributed by atoms with Crippen LogP contribution in [0.2, 0.25) is 5.02 Å². The first kappa shape index (κ1) is 31.7. The first-order valence-electron chi connectivity index (χ1n) is 13.0. The number of piperazine rings is 1. The predicted molar refractivity (Wildman–Crippen MR) is 147 cm³/mol. The summed E-state index contributed by atoms with van der Waals surface area (Å²) < 4.78 is 112. The molecule has 0 aliphatic carbocycles. The predicted octanol–water partition coefficient (Wildman–Crippen LogP) is 5.49. The molecule has 1 fully saturated rings. The number of hydrogen-bond donors (Lipinski definition) is 1. The molecule has 44 heavy (non-hydrogen) atoms. The molecule has 2 aliphatic rings. The summed E-state index contributed by atoms with van der Waals surface area (Å²) >= 11 is 6.04. The zero-order chi connectivity index (χ0) is 32.0. The molecular weight excluding hydrogens is 642 g/mol. The lowest BCUT2D eigenvalue weighted by Crippen LogP contribution is -2.61. The number of fused-ring (bicyclic) bond motifs is 3. The molecule has 0 spiro atoms. The number of aliphatic carboxylic acids is 1. The van der Waals surface area contributed by atoms with Gasteiger partial charge >= 0.3 is 18.5 Å². The van der Waals surface area contributed by atoms with Crippen LogP contribution in [0, 0.1) is 0 Å². The van der Waals surface area contributed by atoms with Gasteiger partial charge in [-0.2, -0.15) is 13.2 Å². The van der Waals surface area contributed by atoms with Crippen molar-refractivity contribution in [2.24, 2.45) is 0 Å². The van der Waals surface area contributed by atoms with Gasteiger partial charge in [0.05, 0.1) is 35.2 Å². The Labute approximate surface area is 252 Å². The number of nitrogens with zero attached hydrogens (tertiary/aromatic N) is 4. The Balaban J connectivity index is 1.60. The fourth-order valence-corrected chi connectivity index (χ4v) is 6.99. The highest BCUT2D eigenvalue weighted by molar-refractivity contribution is 7.92. The lowest BCUT2D eigenvalue weighted by atomic mass is 10.0. The molecule has 1 atom stereocenters. The summed E-state index contributed by atoms with van der Waals surface area (Å²) in [5.74, 6) is -1.44. The van der Waals surface area contributed by atoms with Crippen LogP contribution in [0.25, 0.3) is 11.1 Å². The summed E-state index contributed by atoms with van der Waals surface area (Å²) in [4.78, 5) is 18.6. The third kappa shape index (κ3) is 6.81. The van der Waals surface area contributed by atoms with E-state index in [2.05, 4.69) is 9.72 Å². The zero-order valence-electron chi connectivity index (χ0n) is 22.4. The molecule has 0 amide bonds. The SMILES string of the molecule is O=C(O)CCN1CCN2c3ncc(-c4cc(Cl)cc(OC(F)(F)F)c4)cc3N(S(=O)(=O)c3cccc(C(F)(F)F)c3)C[C@@H]2C1. The van der Waals surface area contributed by atoms with Crippen molar-refractivity contribution in [3.63, 3.8) is 0 Å². The van der Waals surface area contributed by atoms with E-state index in [0.29, 0.717) is 19.2 Å². The van der Waals surface area contributed by atoms with E-state index in [0.717, 1.165) is 34.6 Å². The van der Waals surface area contributed by atoms with Gasteiger partial charge in [-0.1, -0.05) is 17.7 Å². The maximum absolute atomic E-state index is 14.0. The number of carboxylic acids is 1. The van der Waals surface area contributed by atoms with Crippen LogP contribution in [0.4, 0.5) is 37.8 Å². The highest BCUT2D eigenvalue weighted by Gasteiger charge is 2.42. The molecule has 9 nitrogen and oxygen atoms in total. The van der Waals surface area contributed by atoms with Crippen molar-refractivity contribution in [3.8, 4) is 16.9 Å². The number of anilines is 2. The van der Waals surface area contributed by atoms with Crippen LogP contribution in [0.15, 0.2) is 59.6 Å². The van der Waals surface area contributed by atoms with Gasteiger partial charge in [0, 0.05) is 43.0 Å². The molecule has 236 valence electrons. The van der Waals surface area contributed by atoms with Gasteiger partial charge in [-0.05, 0) is 48.0 Å². The first-order chi connectivity index (χ1) is 20.5. The number of carbonyl (C=O) groups is 1. The van der Waals surface area contributed by atoms with Gasteiger partial charge in [0.25, 0.3) is 10.0 Å². The Morgan fingerprint density at radius 2 is 1.77 bits per heavy atom. The second-order valence-corrected chi connectivity index (χ2v) is 12.4. The number of hydrogen-bond acceptors (Lipinski definition) is 7. The quantitative estimate of drug-likeness (QED) is 0.331. The summed E-state index contributed by atoms with van der Waals surface area (Å²) in [6, 6.07) is 7.42. The number of alkyl halides is 6. The maximum atomic E-state index is 14.0. The van der Waals surface area contributed by atoms with Gasteiger partial charge in [-0.25, -0.2) is 13.4 Å². The lowest BCUT2D eigenvalue weighted by Gasteiger charge is -2.48. The highest BCUT2D eigenvalue weighted by Crippen LogP contribution is 2.42. The number of ether oxygens (including phenoxy) is 1. The van der Waals surface area contributed by atoms with Gasteiger partial charge in [-0.15, -0.1) is 13.2 Å². The highest BCUT2D eigenvalue weighted by atomic mass is 35.5. The number of sulfonamides is 1. The third-order valence-corrected chi connectivity index (χ3v) is 9.15. The van der Waals surface area contributed by atoms with Crippen molar-refractivity contribution in [2.75, 3.05) is 41.9 Å². The Bertz CT molecular complexity index is 1690. The van der Waals surface area contributed by atoms with Crippen LogP contribution >= 0.6 is 11.6 Å². The molecule has 3 aromatic rings. The van der Waals surface area contributed by atoms with Crippen molar-refractivity contribution in [1.29, 1.82) is 0 Å². The summed E-state index contributed by atoms with van der Waals surface area (Å²) in [5.41, 5.74) is -0.892. The van der Waals surface area contributed by atoms with Gasteiger partial charge in [0.2, 0.25) is 0 Å². The van der Waals surface area contributed by atoms with E-state index < -0.39 is 50.8 Å². The van der Waals surface area contributed by atoms with Gasteiger partial charge < -0.3 is 14.7 Å². The maximum Gasteiger partial charge on any atom is 0.573 e. The van der Waals surface area contributed by atoms with E-state index in [1.807, 2.05) is 9.80 Å². The van der Waals surface area contributed by atoms with E-state index in [1.165, 1.54) is 18.3 Å². The number of carboxylic acid groups (broad SMARTS) is 1. The first-order valence-corrected chi connectivity index (χ1v) is 14.8. The fourth-order valence-electron chi connectivity index (χ4n) is 5.22. The molecule has 3 heterocycles. The number of aromatic nitrogens is 1. The summed E-state index contributed by atoms with van der Waals surface area (Å²) in [6.07, 6.45) is -8.64. The molecule has 0 radical (unpaired) electrons. The summed E-state index contributed by atoms with van der Waals surface area (Å²) in [6.45, 7) is 0.993. The molecule has 17 heteroatoms. The van der Waals surface area contributed by atoms with Crippen LogP contribution in [0.3, 0.4) is 0 Å². The van der Waals surface area contributed by atoms with Gasteiger partial charge in [0.15, 0.2) is 5.82 Å². The van der Waals surface area contributed by atoms with Crippen LogP contribution < -0.4 is 13.9 Å². The Kier molecular flexibility index (Phi) is 8.37. The molecule has 1 N–H and O–H groups in total. The number of benzene rings is 2. The molecule has 1 aromatic heterocycles. The van der Waals surface area contributed by atoms with Gasteiger partial charge in [0.1, 0.15) is 5.75 Å². The monoisotopic (exact) mass is 664 g/mol. The Morgan fingerprint density at radius 3 is 2.45 bits per heavy atom. The van der Waals surface area contributed by atoms with E-state index in [-0.39, 0.29) is 53.7 Å². The van der Waals surface area contributed by atoms with E-state index >= 15 is 0 Å². The van der Waals surface area contributed by atoms with Crippen molar-refractivity contribution in [3.05, 3.63) is 65.3 Å². The average Bonchev–Trinajstić information content (AvgIpc) is 2.93. The molecule has 0 unspecified atom stereocenters. The Morgan fingerprint density at radius 1 is 1.02 bits per heavy atom. The van der Waals surface area contributed by atoms with E-state index in [1.54, 1.807) is 0 Å². The van der Waals surface area contributed by atoms with Crippen molar-refractivity contribution < 1.29 is 49.4 Å². The van der Waals surface area contributed by atoms with Crippen LogP contribution in [0.5, 0.6) is 5.75 Å². The second-order valence-electron chi connectivity index (χ2n) is 10.1. The molecule has 0 saturated carbocycles. The standard InChI is InChI=1S/C27H23ClF6N4O5S/c28-19-8-16(9-21(12-19)43-27(32,33)34)17-10-23-25(35-13-17)37-7-6-36(5-4-24(39)40)14-20(37)15-38(23)44(41,42)22-3-1-2-18(11-22)26(29,30)31/h1-3,8-13,20H,4-7,14-15H2,(H,39,40)/t20-/m0/s1. The fraction of sp³-hybridized carbons (Fsp3) is 0.333. The third-order valence-electron chi connectivity index (χ3n) is 7.16. The summed E-state index contributed by atoms with van der Waals surface area (Å²) in [5, 5.41) is 8.98. The smallest absolute Gasteiger partial charge is 0.481 e.